The molecule has 26 heavy (non-hydrogen) atoms. The molecule has 0 spiro atoms. The number of aryl methyl sites for hydroxylation is 1. The second kappa shape index (κ2) is 5.94. The molecular formula is C17H19N9. The van der Waals surface area contributed by atoms with Crippen molar-refractivity contribution in [2.45, 2.75) is 6.42 Å². The van der Waals surface area contributed by atoms with Gasteiger partial charge in [0.05, 0.1) is 6.33 Å². The molecule has 0 radical (unpaired) electrons. The topological polar surface area (TPSA) is 80.3 Å². The fraction of sp³-hybridized carbons (Fsp3) is 0.353. The first-order valence-electron chi connectivity index (χ1n) is 8.72. The minimum absolute atomic E-state index is 0.742. The van der Waals surface area contributed by atoms with E-state index in [1.54, 1.807) is 18.9 Å². The number of anilines is 2. The van der Waals surface area contributed by atoms with Crippen molar-refractivity contribution in [3.63, 3.8) is 0 Å². The van der Waals surface area contributed by atoms with Gasteiger partial charge in [0.2, 0.25) is 0 Å². The Labute approximate surface area is 149 Å². The molecule has 1 aliphatic rings. The van der Waals surface area contributed by atoms with Gasteiger partial charge in [-0.05, 0) is 18.6 Å². The van der Waals surface area contributed by atoms with Gasteiger partial charge in [-0.25, -0.2) is 24.5 Å². The van der Waals surface area contributed by atoms with Crippen LogP contribution in [0.25, 0.3) is 16.8 Å². The number of hydrogen-bond donors (Lipinski definition) is 0. The van der Waals surface area contributed by atoms with Gasteiger partial charge in [0.15, 0.2) is 17.1 Å². The Bertz CT molecular complexity index is 1070. The highest BCUT2D eigenvalue weighted by molar-refractivity contribution is 5.83. The SMILES string of the molecule is Cn1cnc2ncnc(N3CCCN(c4ccc5nccn5n4)CC3)c21. The van der Waals surface area contributed by atoms with E-state index in [-0.39, 0.29) is 0 Å². The average Bonchev–Trinajstić information content (AvgIpc) is 3.20. The lowest BCUT2D eigenvalue weighted by Gasteiger charge is -2.23. The molecule has 1 saturated heterocycles. The molecule has 0 bridgehead atoms. The normalized spacial score (nSPS) is 15.7. The van der Waals surface area contributed by atoms with Crippen LogP contribution in [-0.4, -0.2) is 60.3 Å². The number of hydrogen-bond acceptors (Lipinski definition) is 7. The molecule has 4 aromatic rings. The summed E-state index contributed by atoms with van der Waals surface area (Å²) in [6.07, 6.45) is 8.07. The Kier molecular flexibility index (Phi) is 3.44. The molecule has 0 atom stereocenters. The summed E-state index contributed by atoms with van der Waals surface area (Å²) in [5.41, 5.74) is 2.59. The molecule has 5 rings (SSSR count). The molecule has 1 fully saturated rings. The fourth-order valence-electron chi connectivity index (χ4n) is 3.53. The largest absolute Gasteiger partial charge is 0.353 e. The third-order valence-corrected chi connectivity index (χ3v) is 4.85. The van der Waals surface area contributed by atoms with E-state index in [0.717, 1.165) is 61.0 Å². The maximum atomic E-state index is 4.68. The van der Waals surface area contributed by atoms with E-state index in [2.05, 4.69) is 34.8 Å². The second-order valence-corrected chi connectivity index (χ2v) is 6.47. The first kappa shape index (κ1) is 15.1. The molecule has 0 N–H and O–H groups in total. The molecule has 1 aliphatic heterocycles. The van der Waals surface area contributed by atoms with E-state index < -0.39 is 0 Å². The van der Waals surface area contributed by atoms with Crippen molar-refractivity contribution in [1.82, 2.24) is 34.1 Å². The summed E-state index contributed by atoms with van der Waals surface area (Å²) in [7, 11) is 1.98. The number of aromatic nitrogens is 7. The number of rotatable bonds is 2. The Hall–Kier alpha value is -3.23. The van der Waals surface area contributed by atoms with Crippen molar-refractivity contribution in [3.05, 3.63) is 37.2 Å². The van der Waals surface area contributed by atoms with Crippen LogP contribution in [0.1, 0.15) is 6.42 Å². The maximum Gasteiger partial charge on any atom is 0.182 e. The van der Waals surface area contributed by atoms with E-state index in [9.17, 15) is 0 Å². The van der Waals surface area contributed by atoms with Crippen LogP contribution in [0.15, 0.2) is 37.2 Å². The summed E-state index contributed by atoms with van der Waals surface area (Å²) in [5, 5.41) is 4.68. The highest BCUT2D eigenvalue weighted by Gasteiger charge is 2.20. The predicted molar refractivity (Wildman–Crippen MR) is 98.3 cm³/mol. The van der Waals surface area contributed by atoms with Crippen LogP contribution >= 0.6 is 0 Å². The van der Waals surface area contributed by atoms with Gasteiger partial charge in [-0.15, -0.1) is 5.10 Å². The first-order chi connectivity index (χ1) is 12.8. The zero-order chi connectivity index (χ0) is 17.5. The summed E-state index contributed by atoms with van der Waals surface area (Å²) in [5.74, 6) is 1.93. The van der Waals surface area contributed by atoms with Gasteiger partial charge in [0, 0.05) is 45.6 Å². The van der Waals surface area contributed by atoms with Crippen LogP contribution in [0.4, 0.5) is 11.6 Å². The van der Waals surface area contributed by atoms with Gasteiger partial charge >= 0.3 is 0 Å². The monoisotopic (exact) mass is 349 g/mol. The van der Waals surface area contributed by atoms with Crippen molar-refractivity contribution >= 4 is 28.4 Å². The summed E-state index contributed by atoms with van der Waals surface area (Å²) in [4.78, 5) is 22.1. The van der Waals surface area contributed by atoms with Crippen LogP contribution in [0.3, 0.4) is 0 Å². The third kappa shape index (κ3) is 2.43. The molecule has 9 nitrogen and oxygen atoms in total. The standard InChI is InChI=1S/C17H19N9/c1-23-12-21-16-15(23)17(20-11-19-16)25-7-2-6-24(9-10-25)14-4-3-13-18-5-8-26(13)22-14/h3-5,8,11-12H,2,6-7,9-10H2,1H3. The molecule has 0 unspecified atom stereocenters. The summed E-state index contributed by atoms with van der Waals surface area (Å²) in [6.45, 7) is 3.67. The van der Waals surface area contributed by atoms with E-state index in [0.29, 0.717) is 0 Å². The minimum atomic E-state index is 0.742. The lowest BCUT2D eigenvalue weighted by Crippen LogP contribution is -2.32. The first-order valence-corrected chi connectivity index (χ1v) is 8.72. The van der Waals surface area contributed by atoms with Crippen molar-refractivity contribution < 1.29 is 0 Å². The van der Waals surface area contributed by atoms with Crippen molar-refractivity contribution in [3.8, 4) is 0 Å². The summed E-state index contributed by atoms with van der Waals surface area (Å²) in [6, 6.07) is 4.05. The molecule has 0 amide bonds. The molecule has 0 aromatic carbocycles. The quantitative estimate of drug-likeness (QED) is 0.536. The molecule has 5 heterocycles. The Morgan fingerprint density at radius 2 is 1.81 bits per heavy atom. The Balaban J connectivity index is 1.42. The van der Waals surface area contributed by atoms with Gasteiger partial charge < -0.3 is 14.4 Å². The fourth-order valence-corrected chi connectivity index (χ4v) is 3.53. The molecule has 0 aliphatic carbocycles. The minimum Gasteiger partial charge on any atom is -0.353 e. The Morgan fingerprint density at radius 3 is 2.77 bits per heavy atom. The van der Waals surface area contributed by atoms with E-state index in [1.165, 1.54) is 0 Å². The van der Waals surface area contributed by atoms with Crippen LogP contribution in [-0.2, 0) is 7.05 Å². The average molecular weight is 349 g/mol. The van der Waals surface area contributed by atoms with Gasteiger partial charge in [-0.3, -0.25) is 0 Å². The van der Waals surface area contributed by atoms with E-state index >= 15 is 0 Å². The zero-order valence-corrected chi connectivity index (χ0v) is 14.5. The maximum absolute atomic E-state index is 4.68. The Morgan fingerprint density at radius 1 is 0.923 bits per heavy atom. The van der Waals surface area contributed by atoms with Gasteiger partial charge in [-0.1, -0.05) is 0 Å². The molecule has 132 valence electrons. The van der Waals surface area contributed by atoms with Crippen molar-refractivity contribution in [2.24, 2.45) is 7.05 Å². The molecular weight excluding hydrogens is 330 g/mol. The molecule has 4 aromatic heterocycles. The van der Waals surface area contributed by atoms with Crippen LogP contribution in [0.5, 0.6) is 0 Å². The molecule has 9 heteroatoms. The summed E-state index contributed by atoms with van der Waals surface area (Å²) < 4.78 is 3.81. The second-order valence-electron chi connectivity index (χ2n) is 6.47. The van der Waals surface area contributed by atoms with Crippen LogP contribution in [0.2, 0.25) is 0 Å². The summed E-state index contributed by atoms with van der Waals surface area (Å²) >= 11 is 0. The van der Waals surface area contributed by atoms with Crippen molar-refractivity contribution in [2.75, 3.05) is 36.0 Å². The molecule has 0 saturated carbocycles. The highest BCUT2D eigenvalue weighted by atomic mass is 15.3. The third-order valence-electron chi connectivity index (χ3n) is 4.85. The lowest BCUT2D eigenvalue weighted by molar-refractivity contribution is 0.776. The number of nitrogens with zero attached hydrogens (tertiary/aromatic N) is 9. The van der Waals surface area contributed by atoms with Gasteiger partial charge in [0.25, 0.3) is 0 Å². The van der Waals surface area contributed by atoms with E-state index in [1.807, 2.05) is 34.5 Å². The van der Waals surface area contributed by atoms with Crippen LogP contribution < -0.4 is 9.80 Å². The van der Waals surface area contributed by atoms with Crippen LogP contribution in [0, 0.1) is 0 Å². The predicted octanol–water partition coefficient (Wildman–Crippen LogP) is 1.12. The smallest absolute Gasteiger partial charge is 0.182 e. The van der Waals surface area contributed by atoms with Crippen molar-refractivity contribution in [1.29, 1.82) is 0 Å². The number of imidazole rings is 2. The van der Waals surface area contributed by atoms with Gasteiger partial charge in [-0.2, -0.15) is 0 Å². The lowest BCUT2D eigenvalue weighted by atomic mass is 10.3. The highest BCUT2D eigenvalue weighted by Crippen LogP contribution is 2.23. The van der Waals surface area contributed by atoms with E-state index in [4.69, 9.17) is 0 Å². The number of fused-ring (bicyclic) bond motifs is 2. The zero-order valence-electron chi connectivity index (χ0n) is 14.5. The van der Waals surface area contributed by atoms with Gasteiger partial charge in [0.1, 0.15) is 17.7 Å².